The Morgan fingerprint density at radius 2 is 1.76 bits per heavy atom. The molecule has 0 spiro atoms. The summed E-state index contributed by atoms with van der Waals surface area (Å²) >= 11 is 0. The summed E-state index contributed by atoms with van der Waals surface area (Å²) in [4.78, 5) is 30.9. The first-order chi connectivity index (χ1) is 18.1. The molecule has 3 aromatic carbocycles. The Kier molecular flexibility index (Phi) is 5.82. The first kappa shape index (κ1) is 24.7. The highest BCUT2D eigenvalue weighted by molar-refractivity contribution is 5.99. The fourth-order valence-electron chi connectivity index (χ4n) is 7.24. The van der Waals surface area contributed by atoms with Gasteiger partial charge in [-0.05, 0) is 72.1 Å². The summed E-state index contributed by atoms with van der Waals surface area (Å²) in [7, 11) is 0. The number of likely N-dealkylation sites (tertiary alicyclic amines) is 1. The van der Waals surface area contributed by atoms with Crippen molar-refractivity contribution in [2.24, 2.45) is 10.8 Å². The Bertz CT molecular complexity index is 1400. The molecule has 3 unspecified atom stereocenters. The van der Waals surface area contributed by atoms with E-state index in [1.807, 2.05) is 48.5 Å². The molecule has 2 amide bonds. The Morgan fingerprint density at radius 3 is 2.55 bits per heavy atom. The minimum atomic E-state index is -0.403. The van der Waals surface area contributed by atoms with E-state index in [1.54, 1.807) is 17.0 Å². The van der Waals surface area contributed by atoms with E-state index >= 15 is 0 Å². The van der Waals surface area contributed by atoms with Gasteiger partial charge in [-0.1, -0.05) is 57.2 Å². The number of anilines is 1. The molecule has 3 aromatic rings. The number of hydrogen-bond donors (Lipinski definition) is 1. The highest BCUT2D eigenvalue weighted by atomic mass is 19.1. The molecule has 5 nitrogen and oxygen atoms in total. The molecule has 0 aromatic heterocycles. The summed E-state index contributed by atoms with van der Waals surface area (Å²) in [6.45, 7) is 8.08. The second-order valence-corrected chi connectivity index (χ2v) is 12.4. The van der Waals surface area contributed by atoms with Crippen molar-refractivity contribution >= 4 is 17.5 Å². The van der Waals surface area contributed by atoms with Gasteiger partial charge in [0.1, 0.15) is 12.0 Å². The van der Waals surface area contributed by atoms with Crippen LogP contribution in [0.15, 0.2) is 72.8 Å². The highest BCUT2D eigenvalue weighted by Gasteiger charge is 2.51. The van der Waals surface area contributed by atoms with Gasteiger partial charge < -0.3 is 15.1 Å². The lowest BCUT2D eigenvalue weighted by Crippen LogP contribution is -2.37. The molecule has 2 bridgehead atoms. The van der Waals surface area contributed by atoms with Crippen LogP contribution in [0, 0.1) is 16.6 Å². The molecule has 2 aliphatic heterocycles. The van der Waals surface area contributed by atoms with Gasteiger partial charge >= 0.3 is 0 Å². The van der Waals surface area contributed by atoms with Crippen molar-refractivity contribution in [3.05, 3.63) is 101 Å². The molecule has 3 aliphatic rings. The summed E-state index contributed by atoms with van der Waals surface area (Å²) in [5, 5.41) is 3.52. The summed E-state index contributed by atoms with van der Waals surface area (Å²) in [5.74, 6) is -0.304. The van der Waals surface area contributed by atoms with Gasteiger partial charge in [0.25, 0.3) is 11.8 Å². The highest BCUT2D eigenvalue weighted by Crippen LogP contribution is 2.52. The number of nitrogens with zero attached hydrogens (tertiary/aromatic N) is 2. The number of nitrogens with one attached hydrogen (secondary N) is 1. The van der Waals surface area contributed by atoms with E-state index < -0.39 is 6.17 Å². The lowest BCUT2D eigenvalue weighted by molar-refractivity contribution is 0.0704. The van der Waals surface area contributed by atoms with E-state index in [-0.39, 0.29) is 34.5 Å². The summed E-state index contributed by atoms with van der Waals surface area (Å²) in [6, 6.07) is 21.7. The molecule has 6 rings (SSSR count). The van der Waals surface area contributed by atoms with Crippen LogP contribution in [-0.4, -0.2) is 34.2 Å². The second kappa shape index (κ2) is 8.97. The van der Waals surface area contributed by atoms with Crippen molar-refractivity contribution in [2.75, 3.05) is 11.9 Å². The van der Waals surface area contributed by atoms with Crippen LogP contribution in [-0.2, 0) is 6.54 Å². The Morgan fingerprint density at radius 1 is 1.00 bits per heavy atom. The van der Waals surface area contributed by atoms with Crippen molar-refractivity contribution < 1.29 is 14.0 Å². The van der Waals surface area contributed by atoms with E-state index in [1.165, 1.54) is 12.1 Å². The fourth-order valence-corrected chi connectivity index (χ4v) is 7.24. The molecule has 0 radical (unpaired) electrons. The molecule has 2 fully saturated rings. The summed E-state index contributed by atoms with van der Waals surface area (Å²) in [5.41, 5.74) is 4.24. The van der Waals surface area contributed by atoms with Gasteiger partial charge in [-0.2, -0.15) is 0 Å². The predicted molar refractivity (Wildman–Crippen MR) is 146 cm³/mol. The zero-order chi connectivity index (χ0) is 26.7. The minimum Gasteiger partial charge on any atom is -0.361 e. The Balaban J connectivity index is 1.26. The van der Waals surface area contributed by atoms with Crippen LogP contribution in [0.3, 0.4) is 0 Å². The number of benzene rings is 3. The van der Waals surface area contributed by atoms with Crippen LogP contribution in [0.2, 0.25) is 0 Å². The maximum atomic E-state index is 13.7. The van der Waals surface area contributed by atoms with Gasteiger partial charge in [0, 0.05) is 41.5 Å². The molecule has 1 aliphatic carbocycles. The average Bonchev–Trinajstić information content (AvgIpc) is 3.29. The quantitative estimate of drug-likeness (QED) is 0.418. The van der Waals surface area contributed by atoms with Crippen LogP contribution in [0.5, 0.6) is 0 Å². The largest absolute Gasteiger partial charge is 0.361 e. The number of rotatable bonds is 5. The van der Waals surface area contributed by atoms with Crippen molar-refractivity contribution in [1.29, 1.82) is 0 Å². The van der Waals surface area contributed by atoms with Crippen molar-refractivity contribution in [3.8, 4) is 0 Å². The summed E-state index contributed by atoms with van der Waals surface area (Å²) in [6.07, 6.45) is 2.84. The van der Waals surface area contributed by atoms with E-state index in [0.717, 1.165) is 42.6 Å². The van der Waals surface area contributed by atoms with Crippen LogP contribution in [0.1, 0.15) is 78.0 Å². The SMILES string of the molecule is CC1(C)CC2CC(C)(CN2C(=O)c2cccc(NC3c4ccccc4C(=O)N3Cc3ccc(F)cc3)c2)C1. The molecular formula is C32H34FN3O2. The maximum Gasteiger partial charge on any atom is 0.256 e. The van der Waals surface area contributed by atoms with E-state index in [2.05, 4.69) is 31.0 Å². The lowest BCUT2D eigenvalue weighted by Gasteiger charge is -2.39. The number of carbonyl (C=O) groups excluding carboxylic acids is 2. The van der Waals surface area contributed by atoms with Crippen molar-refractivity contribution in [2.45, 2.75) is 58.8 Å². The smallest absolute Gasteiger partial charge is 0.256 e. The van der Waals surface area contributed by atoms with Crippen LogP contribution < -0.4 is 5.32 Å². The number of carbonyl (C=O) groups is 2. The molecule has 3 atom stereocenters. The van der Waals surface area contributed by atoms with E-state index in [0.29, 0.717) is 17.7 Å². The third kappa shape index (κ3) is 4.46. The van der Waals surface area contributed by atoms with Gasteiger partial charge in [0.2, 0.25) is 0 Å². The topological polar surface area (TPSA) is 52.7 Å². The molecule has 1 saturated carbocycles. The summed E-state index contributed by atoms with van der Waals surface area (Å²) < 4.78 is 13.5. The molecule has 38 heavy (non-hydrogen) atoms. The van der Waals surface area contributed by atoms with Gasteiger partial charge in [0.05, 0.1) is 0 Å². The Labute approximate surface area is 223 Å². The molecule has 6 heteroatoms. The molecule has 2 heterocycles. The first-order valence-corrected chi connectivity index (χ1v) is 13.4. The fraction of sp³-hybridized carbons (Fsp3) is 0.375. The minimum absolute atomic E-state index is 0.0742. The number of hydrogen-bond acceptors (Lipinski definition) is 3. The van der Waals surface area contributed by atoms with Crippen molar-refractivity contribution in [1.82, 2.24) is 9.80 Å². The van der Waals surface area contributed by atoms with Gasteiger partial charge in [0.15, 0.2) is 0 Å². The normalized spacial score (nSPS) is 25.4. The zero-order valence-electron chi connectivity index (χ0n) is 22.2. The van der Waals surface area contributed by atoms with E-state index in [9.17, 15) is 14.0 Å². The lowest BCUT2D eigenvalue weighted by atomic mass is 9.65. The monoisotopic (exact) mass is 511 g/mol. The van der Waals surface area contributed by atoms with Gasteiger partial charge in [-0.3, -0.25) is 9.59 Å². The predicted octanol–water partition coefficient (Wildman–Crippen LogP) is 6.63. The third-order valence-electron chi connectivity index (χ3n) is 8.41. The maximum absolute atomic E-state index is 13.7. The van der Waals surface area contributed by atoms with Gasteiger partial charge in [-0.25, -0.2) is 4.39 Å². The first-order valence-electron chi connectivity index (χ1n) is 13.4. The van der Waals surface area contributed by atoms with E-state index in [4.69, 9.17) is 0 Å². The Hall–Kier alpha value is -3.67. The standard InChI is InChI=1S/C32H34FN3O2/c1-31(2)16-25-17-32(3,19-31)20-36(25)29(37)22-7-6-8-24(15-22)34-28-26-9-4-5-10-27(26)30(38)35(28)18-21-11-13-23(33)14-12-21/h4-15,25,28,34H,16-20H2,1-3H3. The van der Waals surface area contributed by atoms with Crippen LogP contribution in [0.25, 0.3) is 0 Å². The van der Waals surface area contributed by atoms with Crippen molar-refractivity contribution in [3.63, 3.8) is 0 Å². The number of halogens is 1. The second-order valence-electron chi connectivity index (χ2n) is 12.4. The van der Waals surface area contributed by atoms with Crippen LogP contribution in [0.4, 0.5) is 10.1 Å². The molecule has 1 saturated heterocycles. The number of amides is 2. The zero-order valence-corrected chi connectivity index (χ0v) is 22.2. The molecule has 196 valence electrons. The van der Waals surface area contributed by atoms with Crippen LogP contribution >= 0.6 is 0 Å². The average molecular weight is 512 g/mol. The third-order valence-corrected chi connectivity index (χ3v) is 8.41. The molecule has 1 N–H and O–H groups in total. The number of fused-ring (bicyclic) bond motifs is 3. The molecular weight excluding hydrogens is 477 g/mol. The van der Waals surface area contributed by atoms with Gasteiger partial charge in [-0.15, -0.1) is 0 Å².